The maximum absolute atomic E-state index is 4.15. The van der Waals surface area contributed by atoms with E-state index in [1.165, 1.54) is 25.9 Å². The maximum atomic E-state index is 4.15. The number of halogens is 1. The Morgan fingerprint density at radius 3 is 2.56 bits per heavy atom. The second-order valence-electron chi connectivity index (χ2n) is 4.73. The lowest BCUT2D eigenvalue weighted by Gasteiger charge is -2.13. The third-order valence-electron chi connectivity index (χ3n) is 3.64. The normalized spacial score (nSPS) is 32.7. The standard InChI is InChI=1S/C11H15IN4/c12-10-1-2-11(16-15-10)14-9-3-7-5-13-6-8(7)4-9/h1-2,7-9,13H,3-6H2,(H,14,16)/t7-,8+,9?. The highest BCUT2D eigenvalue weighted by Gasteiger charge is 2.37. The van der Waals surface area contributed by atoms with Crippen LogP contribution in [-0.4, -0.2) is 29.3 Å². The third-order valence-corrected chi connectivity index (χ3v) is 4.21. The molecule has 1 unspecified atom stereocenters. The molecule has 4 nitrogen and oxygen atoms in total. The molecule has 86 valence electrons. The number of aromatic nitrogens is 2. The fourth-order valence-electron chi connectivity index (χ4n) is 2.89. The van der Waals surface area contributed by atoms with Crippen molar-refractivity contribution in [3.05, 3.63) is 15.8 Å². The van der Waals surface area contributed by atoms with Crippen molar-refractivity contribution in [2.75, 3.05) is 18.4 Å². The van der Waals surface area contributed by atoms with Crippen molar-refractivity contribution in [2.45, 2.75) is 18.9 Å². The maximum Gasteiger partial charge on any atom is 0.148 e. The lowest BCUT2D eigenvalue weighted by Crippen LogP contribution is -2.21. The van der Waals surface area contributed by atoms with E-state index in [2.05, 4.69) is 43.4 Å². The largest absolute Gasteiger partial charge is 0.366 e. The van der Waals surface area contributed by atoms with Gasteiger partial charge in [0.25, 0.3) is 0 Å². The van der Waals surface area contributed by atoms with Crippen LogP contribution in [0.4, 0.5) is 5.82 Å². The van der Waals surface area contributed by atoms with Crippen molar-refractivity contribution in [3.63, 3.8) is 0 Å². The van der Waals surface area contributed by atoms with Gasteiger partial charge in [0, 0.05) is 6.04 Å². The third kappa shape index (κ3) is 2.15. The SMILES string of the molecule is Ic1ccc(NC2C[C@H]3CNC[C@H]3C2)nn1. The Morgan fingerprint density at radius 2 is 1.94 bits per heavy atom. The minimum Gasteiger partial charge on any atom is -0.366 e. The highest BCUT2D eigenvalue weighted by Crippen LogP contribution is 2.35. The van der Waals surface area contributed by atoms with Gasteiger partial charge >= 0.3 is 0 Å². The van der Waals surface area contributed by atoms with Crippen LogP contribution in [0.3, 0.4) is 0 Å². The van der Waals surface area contributed by atoms with Crippen LogP contribution in [0, 0.1) is 15.5 Å². The first kappa shape index (κ1) is 10.7. The first-order valence-electron chi connectivity index (χ1n) is 5.78. The number of hydrogen-bond donors (Lipinski definition) is 2. The zero-order valence-electron chi connectivity index (χ0n) is 8.99. The second kappa shape index (κ2) is 4.44. The van der Waals surface area contributed by atoms with Crippen LogP contribution in [0.25, 0.3) is 0 Å². The van der Waals surface area contributed by atoms with Crippen LogP contribution in [0.5, 0.6) is 0 Å². The summed E-state index contributed by atoms with van der Waals surface area (Å²) in [5.74, 6) is 2.65. The summed E-state index contributed by atoms with van der Waals surface area (Å²) < 4.78 is 0.940. The Hall–Kier alpha value is -0.430. The van der Waals surface area contributed by atoms with Crippen molar-refractivity contribution in [1.29, 1.82) is 0 Å². The smallest absolute Gasteiger partial charge is 0.148 e. The van der Waals surface area contributed by atoms with Gasteiger partial charge in [-0.15, -0.1) is 10.2 Å². The van der Waals surface area contributed by atoms with Gasteiger partial charge in [-0.2, -0.15) is 0 Å². The first-order chi connectivity index (χ1) is 7.81. The lowest BCUT2D eigenvalue weighted by atomic mass is 10.0. The molecule has 16 heavy (non-hydrogen) atoms. The van der Waals surface area contributed by atoms with Gasteiger partial charge < -0.3 is 10.6 Å². The Labute approximate surface area is 109 Å². The molecule has 1 aliphatic heterocycles. The van der Waals surface area contributed by atoms with E-state index in [0.29, 0.717) is 6.04 Å². The number of anilines is 1. The van der Waals surface area contributed by atoms with Crippen molar-refractivity contribution < 1.29 is 0 Å². The van der Waals surface area contributed by atoms with Gasteiger partial charge in [0.15, 0.2) is 0 Å². The van der Waals surface area contributed by atoms with Crippen LogP contribution in [0.1, 0.15) is 12.8 Å². The number of nitrogens with zero attached hydrogens (tertiary/aromatic N) is 2. The zero-order valence-corrected chi connectivity index (χ0v) is 11.1. The van der Waals surface area contributed by atoms with Crippen molar-refractivity contribution in [3.8, 4) is 0 Å². The average Bonchev–Trinajstić information content (AvgIpc) is 2.81. The van der Waals surface area contributed by atoms with Crippen molar-refractivity contribution >= 4 is 28.4 Å². The van der Waals surface area contributed by atoms with E-state index in [4.69, 9.17) is 0 Å². The number of hydrogen-bond acceptors (Lipinski definition) is 4. The summed E-state index contributed by atoms with van der Waals surface area (Å²) in [6, 6.07) is 4.60. The molecule has 0 amide bonds. The van der Waals surface area contributed by atoms with Crippen LogP contribution < -0.4 is 10.6 Å². The Balaban J connectivity index is 1.62. The van der Waals surface area contributed by atoms with Crippen molar-refractivity contribution in [2.24, 2.45) is 11.8 Å². The fourth-order valence-corrected chi connectivity index (χ4v) is 3.17. The molecular weight excluding hydrogens is 315 g/mol. The minimum atomic E-state index is 0.589. The second-order valence-corrected chi connectivity index (χ2v) is 5.84. The molecule has 1 aromatic heterocycles. The quantitative estimate of drug-likeness (QED) is 0.807. The molecule has 2 heterocycles. The topological polar surface area (TPSA) is 49.8 Å². The zero-order chi connectivity index (χ0) is 11.0. The monoisotopic (exact) mass is 330 g/mol. The molecule has 2 N–H and O–H groups in total. The summed E-state index contributed by atoms with van der Waals surface area (Å²) in [6.07, 6.45) is 2.54. The molecule has 3 rings (SSSR count). The summed E-state index contributed by atoms with van der Waals surface area (Å²) in [5.41, 5.74) is 0. The average molecular weight is 330 g/mol. The Morgan fingerprint density at radius 1 is 1.19 bits per heavy atom. The van der Waals surface area contributed by atoms with E-state index < -0.39 is 0 Å². The summed E-state index contributed by atoms with van der Waals surface area (Å²) in [5, 5.41) is 15.2. The molecule has 1 aromatic rings. The molecule has 0 radical (unpaired) electrons. The molecular formula is C11H15IN4. The summed E-state index contributed by atoms with van der Waals surface area (Å²) >= 11 is 2.17. The first-order valence-corrected chi connectivity index (χ1v) is 6.85. The van der Waals surface area contributed by atoms with E-state index in [0.717, 1.165) is 21.4 Å². The van der Waals surface area contributed by atoms with Crippen LogP contribution in [0.2, 0.25) is 0 Å². The van der Waals surface area contributed by atoms with E-state index in [1.807, 2.05) is 12.1 Å². The number of nitrogens with one attached hydrogen (secondary N) is 2. The molecule has 1 aliphatic carbocycles. The molecule has 2 aliphatic rings. The van der Waals surface area contributed by atoms with E-state index >= 15 is 0 Å². The fraction of sp³-hybridized carbons (Fsp3) is 0.636. The molecule has 0 bridgehead atoms. The molecule has 0 spiro atoms. The van der Waals surface area contributed by atoms with Gasteiger partial charge in [-0.05, 0) is 72.5 Å². The molecule has 5 heteroatoms. The number of rotatable bonds is 2. The number of fused-ring (bicyclic) bond motifs is 1. The van der Waals surface area contributed by atoms with E-state index in [9.17, 15) is 0 Å². The van der Waals surface area contributed by atoms with Gasteiger partial charge in [-0.25, -0.2) is 0 Å². The highest BCUT2D eigenvalue weighted by atomic mass is 127. The summed E-state index contributed by atoms with van der Waals surface area (Å²) in [6.45, 7) is 2.39. The van der Waals surface area contributed by atoms with E-state index in [-0.39, 0.29) is 0 Å². The predicted molar refractivity (Wildman–Crippen MR) is 71.2 cm³/mol. The Kier molecular flexibility index (Phi) is 2.97. The predicted octanol–water partition coefficient (Wildman–Crippen LogP) is 1.49. The Bertz CT molecular complexity index is 355. The molecule has 1 saturated heterocycles. The van der Waals surface area contributed by atoms with Crippen LogP contribution >= 0.6 is 22.6 Å². The lowest BCUT2D eigenvalue weighted by molar-refractivity contribution is 0.494. The van der Waals surface area contributed by atoms with Crippen molar-refractivity contribution in [1.82, 2.24) is 15.5 Å². The molecule has 2 fully saturated rings. The van der Waals surface area contributed by atoms with Gasteiger partial charge in [0.05, 0.1) is 0 Å². The minimum absolute atomic E-state index is 0.589. The van der Waals surface area contributed by atoms with Gasteiger partial charge in [-0.3, -0.25) is 0 Å². The van der Waals surface area contributed by atoms with Gasteiger partial charge in [0.1, 0.15) is 9.52 Å². The summed E-state index contributed by atoms with van der Waals surface area (Å²) in [7, 11) is 0. The van der Waals surface area contributed by atoms with Crippen LogP contribution in [-0.2, 0) is 0 Å². The molecule has 1 saturated carbocycles. The highest BCUT2D eigenvalue weighted by molar-refractivity contribution is 14.1. The van der Waals surface area contributed by atoms with Crippen LogP contribution in [0.15, 0.2) is 12.1 Å². The van der Waals surface area contributed by atoms with Gasteiger partial charge in [0.2, 0.25) is 0 Å². The molecule has 0 aromatic carbocycles. The van der Waals surface area contributed by atoms with Gasteiger partial charge in [-0.1, -0.05) is 0 Å². The molecule has 3 atom stereocenters. The van der Waals surface area contributed by atoms with E-state index in [1.54, 1.807) is 0 Å². The summed E-state index contributed by atoms with van der Waals surface area (Å²) in [4.78, 5) is 0.